The van der Waals surface area contributed by atoms with Crippen molar-refractivity contribution in [3.63, 3.8) is 0 Å². The van der Waals surface area contributed by atoms with Crippen molar-refractivity contribution in [2.75, 3.05) is 14.2 Å². The predicted octanol–water partition coefficient (Wildman–Crippen LogP) is 8.52. The second kappa shape index (κ2) is 15.0. The van der Waals surface area contributed by atoms with Gasteiger partial charge in [0.2, 0.25) is 0 Å². The number of esters is 1. The van der Waals surface area contributed by atoms with Gasteiger partial charge >= 0.3 is 5.97 Å². The number of hydrogen-bond acceptors (Lipinski definition) is 6. The first kappa shape index (κ1) is 29.8. The molecule has 3 aromatic rings. The lowest BCUT2D eigenvalue weighted by Gasteiger charge is -2.19. The van der Waals surface area contributed by atoms with Crippen LogP contribution in [-0.2, 0) is 27.3 Å². The maximum Gasteiger partial charge on any atom is 0.348 e. The molecule has 1 aliphatic rings. The van der Waals surface area contributed by atoms with Gasteiger partial charge < -0.3 is 14.2 Å². The third kappa shape index (κ3) is 7.92. The lowest BCUT2D eigenvalue weighted by atomic mass is 9.95. The average molecular weight is 561 g/mol. The monoisotopic (exact) mass is 560 g/mol. The highest BCUT2D eigenvalue weighted by Crippen LogP contribution is 2.35. The van der Waals surface area contributed by atoms with Crippen molar-refractivity contribution in [3.05, 3.63) is 92.7 Å². The van der Waals surface area contributed by atoms with Gasteiger partial charge in [-0.05, 0) is 73.1 Å². The molecular formula is C34H40O5S. The molecule has 0 aliphatic heterocycles. The molecule has 1 aliphatic carbocycles. The number of hydrogen-bond donors (Lipinski definition) is 0. The first-order valence-electron chi connectivity index (χ1n) is 14.3. The number of benzene rings is 2. The van der Waals surface area contributed by atoms with Gasteiger partial charge in [-0.15, -0.1) is 11.3 Å². The van der Waals surface area contributed by atoms with Crippen molar-refractivity contribution in [1.29, 1.82) is 0 Å². The smallest absolute Gasteiger partial charge is 0.348 e. The van der Waals surface area contributed by atoms with Crippen LogP contribution in [-0.4, -0.2) is 26.0 Å². The number of carbonyl (C=O) groups is 2. The van der Waals surface area contributed by atoms with E-state index in [1.54, 1.807) is 7.11 Å². The van der Waals surface area contributed by atoms with Crippen LogP contribution in [0.3, 0.4) is 0 Å². The highest BCUT2D eigenvalue weighted by Gasteiger charge is 2.24. The lowest BCUT2D eigenvalue weighted by molar-refractivity contribution is -0.113. The van der Waals surface area contributed by atoms with Crippen LogP contribution >= 0.6 is 11.3 Å². The molecule has 0 bridgehead atoms. The van der Waals surface area contributed by atoms with Gasteiger partial charge in [0, 0.05) is 16.9 Å². The van der Waals surface area contributed by atoms with E-state index in [2.05, 4.69) is 31.2 Å². The second-order valence-electron chi connectivity index (χ2n) is 10.3. The van der Waals surface area contributed by atoms with Crippen LogP contribution in [0.5, 0.6) is 5.75 Å². The van der Waals surface area contributed by atoms with E-state index in [0.717, 1.165) is 66.5 Å². The summed E-state index contributed by atoms with van der Waals surface area (Å²) < 4.78 is 16.5. The van der Waals surface area contributed by atoms with Crippen LogP contribution in [0.15, 0.2) is 66.2 Å². The first-order chi connectivity index (χ1) is 19.5. The Morgan fingerprint density at radius 3 is 2.38 bits per heavy atom. The molecule has 1 unspecified atom stereocenters. The van der Waals surface area contributed by atoms with Crippen molar-refractivity contribution in [3.8, 4) is 5.75 Å². The van der Waals surface area contributed by atoms with Gasteiger partial charge in [-0.2, -0.15) is 0 Å². The Morgan fingerprint density at radius 1 is 0.900 bits per heavy atom. The van der Waals surface area contributed by atoms with Gasteiger partial charge in [0.25, 0.3) is 0 Å². The molecule has 0 N–H and O–H groups in total. The number of ether oxygens (including phenoxy) is 3. The molecule has 1 aromatic heterocycles. The quantitative estimate of drug-likeness (QED) is 0.138. The minimum Gasteiger partial charge on any atom is -0.497 e. The number of carbonyl (C=O) groups excluding carboxylic acids is 2. The maximum absolute atomic E-state index is 12.9. The van der Waals surface area contributed by atoms with E-state index >= 15 is 0 Å². The minimum atomic E-state index is -0.287. The Bertz CT molecular complexity index is 1290. The molecule has 0 spiro atoms. The summed E-state index contributed by atoms with van der Waals surface area (Å²) in [6.45, 7) is 2.76. The summed E-state index contributed by atoms with van der Waals surface area (Å²) in [5.74, 6) is 0.792. The molecule has 5 nitrogen and oxygen atoms in total. The number of thiophene rings is 1. The number of rotatable bonds is 15. The van der Waals surface area contributed by atoms with Crippen LogP contribution in [0.2, 0.25) is 0 Å². The van der Waals surface area contributed by atoms with Crippen molar-refractivity contribution < 1.29 is 23.8 Å². The summed E-state index contributed by atoms with van der Waals surface area (Å²) in [5, 5.41) is 0. The molecule has 40 heavy (non-hydrogen) atoms. The van der Waals surface area contributed by atoms with Crippen molar-refractivity contribution in [1.82, 2.24) is 0 Å². The Labute approximate surface area is 242 Å². The van der Waals surface area contributed by atoms with Crippen molar-refractivity contribution in [2.24, 2.45) is 0 Å². The Balaban J connectivity index is 1.42. The fourth-order valence-electron chi connectivity index (χ4n) is 5.23. The molecule has 0 saturated carbocycles. The van der Waals surface area contributed by atoms with Gasteiger partial charge in [0.05, 0.1) is 26.9 Å². The number of allylic oxidation sites excluding steroid dienone is 2. The SMILES string of the molecule is CCCCCC(OCc1ccc(OC)cc1)c1ccc(C2=C(CCCc3ccc(C(=O)OC)s3)CCC2=O)cc1. The zero-order chi connectivity index (χ0) is 28.3. The van der Waals surface area contributed by atoms with E-state index in [9.17, 15) is 9.59 Å². The molecule has 6 heteroatoms. The maximum atomic E-state index is 12.9. The van der Waals surface area contributed by atoms with E-state index < -0.39 is 0 Å². The van der Waals surface area contributed by atoms with Gasteiger partial charge in [-0.3, -0.25) is 4.79 Å². The fraction of sp³-hybridized carbons (Fsp3) is 0.412. The normalized spacial score (nSPS) is 14.0. The van der Waals surface area contributed by atoms with Crippen molar-refractivity contribution in [2.45, 2.75) is 77.4 Å². The molecule has 2 aromatic carbocycles. The molecular weight excluding hydrogens is 520 g/mol. The summed E-state index contributed by atoms with van der Waals surface area (Å²) in [6, 6.07) is 20.3. The second-order valence-corrected chi connectivity index (χ2v) is 11.4. The molecule has 212 valence electrons. The topological polar surface area (TPSA) is 61.8 Å². The van der Waals surface area contributed by atoms with Crippen LogP contribution in [0.4, 0.5) is 0 Å². The Morgan fingerprint density at radius 2 is 1.68 bits per heavy atom. The minimum absolute atomic E-state index is 0.0103. The number of ketones is 1. The Hall–Kier alpha value is -3.22. The number of methoxy groups -OCH3 is 2. The first-order valence-corrected chi connectivity index (χ1v) is 15.1. The van der Waals surface area contributed by atoms with E-state index in [4.69, 9.17) is 14.2 Å². The zero-order valence-corrected chi connectivity index (χ0v) is 24.7. The highest BCUT2D eigenvalue weighted by molar-refractivity contribution is 7.13. The van der Waals surface area contributed by atoms with E-state index in [0.29, 0.717) is 17.9 Å². The summed E-state index contributed by atoms with van der Waals surface area (Å²) in [5.41, 5.74) is 5.42. The average Bonchev–Trinajstić information content (AvgIpc) is 3.61. The number of aryl methyl sites for hydroxylation is 1. The zero-order valence-electron chi connectivity index (χ0n) is 23.9. The van der Waals surface area contributed by atoms with Gasteiger partial charge in [0.1, 0.15) is 10.6 Å². The molecule has 1 heterocycles. The van der Waals surface area contributed by atoms with Crippen LogP contribution in [0, 0.1) is 0 Å². The molecule has 4 rings (SSSR count). The highest BCUT2D eigenvalue weighted by atomic mass is 32.1. The molecule has 0 fully saturated rings. The third-order valence-electron chi connectivity index (χ3n) is 7.49. The van der Waals surface area contributed by atoms with E-state index in [1.165, 1.54) is 41.7 Å². The van der Waals surface area contributed by atoms with Crippen molar-refractivity contribution >= 4 is 28.7 Å². The summed E-state index contributed by atoms with van der Waals surface area (Å²) in [4.78, 5) is 26.4. The van der Waals surface area contributed by atoms with Crippen LogP contribution in [0.25, 0.3) is 5.57 Å². The van der Waals surface area contributed by atoms with E-state index in [-0.39, 0.29) is 17.9 Å². The van der Waals surface area contributed by atoms with Crippen LogP contribution < -0.4 is 4.74 Å². The van der Waals surface area contributed by atoms with Crippen LogP contribution in [0.1, 0.15) is 95.6 Å². The fourth-order valence-corrected chi connectivity index (χ4v) is 6.20. The predicted molar refractivity (Wildman–Crippen MR) is 161 cm³/mol. The standard InChI is InChI=1S/C34H40O5S/c1-4-5-6-10-31(39-23-24-11-18-28(37-2)19-12-24)25-13-15-27(16-14-25)33-26(17-21-30(33)35)8-7-9-29-20-22-32(40-29)34(36)38-3/h11-16,18-20,22,31H,4-10,17,21,23H2,1-3H3. The summed E-state index contributed by atoms with van der Waals surface area (Å²) in [6.07, 6.45) is 8.58. The third-order valence-corrected chi connectivity index (χ3v) is 8.61. The van der Waals surface area contributed by atoms with Gasteiger partial charge in [-0.25, -0.2) is 4.79 Å². The molecule has 0 radical (unpaired) electrons. The molecule has 0 saturated heterocycles. The number of unbranched alkanes of at least 4 members (excludes halogenated alkanes) is 2. The van der Waals surface area contributed by atoms with Gasteiger partial charge in [-0.1, -0.05) is 68.2 Å². The molecule has 1 atom stereocenters. The Kier molecular flexibility index (Phi) is 11.1. The summed E-state index contributed by atoms with van der Waals surface area (Å²) >= 11 is 1.49. The molecule has 0 amide bonds. The number of Topliss-reactive ketones (excluding diaryl/α,β-unsaturated/α-hetero) is 1. The lowest BCUT2D eigenvalue weighted by Crippen LogP contribution is -2.06. The summed E-state index contributed by atoms with van der Waals surface area (Å²) in [7, 11) is 3.08. The largest absolute Gasteiger partial charge is 0.497 e. The van der Waals surface area contributed by atoms with E-state index in [1.807, 2.05) is 36.4 Å². The van der Waals surface area contributed by atoms with Gasteiger partial charge in [0.15, 0.2) is 5.78 Å².